The van der Waals surface area contributed by atoms with Gasteiger partial charge in [-0.2, -0.15) is 22.0 Å². The highest BCUT2D eigenvalue weighted by Crippen LogP contribution is 2.54. The minimum atomic E-state index is -5.03. The Labute approximate surface area is 233 Å². The molecule has 0 bridgehead atoms. The van der Waals surface area contributed by atoms with E-state index in [0.717, 1.165) is 19.9 Å². The summed E-state index contributed by atoms with van der Waals surface area (Å²) in [7, 11) is 0. The molecule has 1 nitrogen and oxygen atoms in total. The third kappa shape index (κ3) is 7.97. The van der Waals surface area contributed by atoms with Crippen LogP contribution in [0.2, 0.25) is 0 Å². The van der Waals surface area contributed by atoms with Gasteiger partial charge in [0.1, 0.15) is 35.7 Å². The first-order valence-electron chi connectivity index (χ1n) is 13.0. The summed E-state index contributed by atoms with van der Waals surface area (Å²) in [6.07, 6.45) is -10.4. The fourth-order valence-corrected chi connectivity index (χ4v) is 4.78. The van der Waals surface area contributed by atoms with Gasteiger partial charge in [-0.05, 0) is 62.0 Å². The molecule has 2 atom stereocenters. The molecular formula is C30H34F10O. The lowest BCUT2D eigenvalue weighted by molar-refractivity contribution is -0.267. The molecular weight excluding hydrogens is 566 g/mol. The highest BCUT2D eigenvalue weighted by molar-refractivity contribution is 5.43. The van der Waals surface area contributed by atoms with Gasteiger partial charge in [-0.25, -0.2) is 22.0 Å². The van der Waals surface area contributed by atoms with Gasteiger partial charge in [0.05, 0.1) is 11.8 Å². The average Bonchev–Trinajstić information content (AvgIpc) is 2.87. The Balaban J connectivity index is 2.55. The Bertz CT molecular complexity index is 1220. The number of hydrogen-bond donors (Lipinski definition) is 0. The van der Waals surface area contributed by atoms with E-state index in [4.69, 9.17) is 0 Å². The second-order valence-corrected chi connectivity index (χ2v) is 11.4. The lowest BCUT2D eigenvalue weighted by Gasteiger charge is -2.38. The summed E-state index contributed by atoms with van der Waals surface area (Å²) in [5.74, 6) is -7.70. The van der Waals surface area contributed by atoms with Gasteiger partial charge in [-0.15, -0.1) is 0 Å². The summed E-state index contributed by atoms with van der Waals surface area (Å²) in [6, 6.07) is 4.43. The lowest BCUT2D eigenvalue weighted by atomic mass is 9.69. The zero-order chi connectivity index (χ0) is 31.6. The van der Waals surface area contributed by atoms with Crippen molar-refractivity contribution in [3.05, 3.63) is 82.2 Å². The number of halogens is 10. The van der Waals surface area contributed by atoms with Crippen molar-refractivity contribution in [3.63, 3.8) is 0 Å². The summed E-state index contributed by atoms with van der Waals surface area (Å²) in [6.45, 7) is 6.59. The molecule has 0 spiro atoms. The summed E-state index contributed by atoms with van der Waals surface area (Å²) in [5, 5.41) is 0. The Hall–Kier alpha value is -2.72. The highest BCUT2D eigenvalue weighted by atomic mass is 19.4. The van der Waals surface area contributed by atoms with Crippen LogP contribution in [0.3, 0.4) is 0 Å². The standard InChI is InChI=1S/C30H34F10O/c1-17(2)13-19-7-8-22(24(34)14-19)28(6)11-9-23(33)25(26(35)18(28)3)27(4,5)30(39,40)41-21(10-12-31)15-20(32)16-29(36,37)38/h7-10,14-15,17-18H,11-13,16H2,1-6H3/b20-15+,21-10+. The first-order chi connectivity index (χ1) is 18.7. The molecule has 1 aliphatic rings. The van der Waals surface area contributed by atoms with Crippen molar-refractivity contribution >= 4 is 0 Å². The first-order valence-corrected chi connectivity index (χ1v) is 13.0. The molecule has 1 aliphatic carbocycles. The van der Waals surface area contributed by atoms with Gasteiger partial charge in [-0.3, -0.25) is 0 Å². The predicted molar refractivity (Wildman–Crippen MR) is 137 cm³/mol. The Morgan fingerprint density at radius 2 is 1.71 bits per heavy atom. The fraction of sp³-hybridized carbons (Fsp3) is 0.533. The van der Waals surface area contributed by atoms with Crippen LogP contribution in [0.5, 0.6) is 0 Å². The van der Waals surface area contributed by atoms with Crippen molar-refractivity contribution in [2.45, 2.75) is 78.5 Å². The third-order valence-corrected chi connectivity index (χ3v) is 7.36. The van der Waals surface area contributed by atoms with E-state index in [1.807, 2.05) is 13.8 Å². The number of benzene rings is 1. The van der Waals surface area contributed by atoms with Crippen LogP contribution in [-0.4, -0.2) is 19.0 Å². The molecule has 41 heavy (non-hydrogen) atoms. The molecule has 0 radical (unpaired) electrons. The number of allylic oxidation sites excluding steroid dienone is 6. The van der Waals surface area contributed by atoms with Gasteiger partial charge in [0.15, 0.2) is 0 Å². The maximum Gasteiger partial charge on any atom is 0.407 e. The van der Waals surface area contributed by atoms with Crippen molar-refractivity contribution in [1.82, 2.24) is 0 Å². The molecule has 11 heteroatoms. The molecule has 2 rings (SSSR count). The zero-order valence-corrected chi connectivity index (χ0v) is 23.6. The van der Waals surface area contributed by atoms with E-state index in [0.29, 0.717) is 12.0 Å². The predicted octanol–water partition coefficient (Wildman–Crippen LogP) is 10.7. The van der Waals surface area contributed by atoms with Gasteiger partial charge < -0.3 is 4.74 Å². The van der Waals surface area contributed by atoms with E-state index >= 15 is 22.0 Å². The molecule has 230 valence electrons. The smallest absolute Gasteiger partial charge is 0.407 e. The zero-order valence-electron chi connectivity index (χ0n) is 23.6. The maximum absolute atomic E-state index is 16.0. The van der Waals surface area contributed by atoms with Gasteiger partial charge in [0.25, 0.3) is 0 Å². The maximum atomic E-state index is 16.0. The lowest BCUT2D eigenvalue weighted by Crippen LogP contribution is -2.41. The molecule has 0 heterocycles. The minimum Gasteiger partial charge on any atom is -0.432 e. The Kier molecular flexibility index (Phi) is 10.6. The van der Waals surface area contributed by atoms with Crippen molar-refractivity contribution in [1.29, 1.82) is 0 Å². The normalized spacial score (nSPS) is 21.8. The van der Waals surface area contributed by atoms with Gasteiger partial charge >= 0.3 is 12.3 Å². The average molecular weight is 601 g/mol. The molecule has 0 aromatic heterocycles. The topological polar surface area (TPSA) is 9.23 Å². The Morgan fingerprint density at radius 1 is 1.10 bits per heavy atom. The van der Waals surface area contributed by atoms with Crippen molar-refractivity contribution < 1.29 is 48.6 Å². The molecule has 1 aromatic rings. The first kappa shape index (κ1) is 34.5. The van der Waals surface area contributed by atoms with Crippen molar-refractivity contribution in [2.24, 2.45) is 17.3 Å². The highest BCUT2D eigenvalue weighted by Gasteiger charge is 2.56. The fourth-order valence-electron chi connectivity index (χ4n) is 4.78. The van der Waals surface area contributed by atoms with E-state index < -0.39 is 76.8 Å². The SMILES string of the molecule is CC(C)Cc1ccc(C2(C)CC=C(F)C(C(C)(C)C(F)(F)OC(/C=C(/F)CC(F)(F)F)=C/CF)=C(F)C2C)c(F)c1. The molecule has 0 saturated carbocycles. The molecule has 1 aromatic carbocycles. The second kappa shape index (κ2) is 12.7. The molecule has 0 amide bonds. The van der Waals surface area contributed by atoms with Crippen LogP contribution in [0, 0.1) is 23.1 Å². The molecule has 2 unspecified atom stereocenters. The summed E-state index contributed by atoms with van der Waals surface area (Å²) < 4.78 is 146. The largest absolute Gasteiger partial charge is 0.432 e. The minimum absolute atomic E-state index is 0.0530. The van der Waals surface area contributed by atoms with Crippen LogP contribution in [0.15, 0.2) is 65.2 Å². The van der Waals surface area contributed by atoms with Crippen LogP contribution in [0.4, 0.5) is 43.9 Å². The number of rotatable bonds is 10. The summed E-state index contributed by atoms with van der Waals surface area (Å²) in [4.78, 5) is 0. The number of alkyl halides is 6. The van der Waals surface area contributed by atoms with Crippen molar-refractivity contribution in [2.75, 3.05) is 6.67 Å². The van der Waals surface area contributed by atoms with E-state index in [-0.39, 0.29) is 30.1 Å². The van der Waals surface area contributed by atoms with E-state index in [2.05, 4.69) is 4.74 Å². The number of ether oxygens (including phenoxy) is 1. The van der Waals surface area contributed by atoms with E-state index in [1.54, 1.807) is 6.07 Å². The number of hydrogen-bond acceptors (Lipinski definition) is 1. The van der Waals surface area contributed by atoms with Crippen LogP contribution >= 0.6 is 0 Å². The van der Waals surface area contributed by atoms with Gasteiger partial charge in [0, 0.05) is 23.0 Å². The van der Waals surface area contributed by atoms with Gasteiger partial charge in [-0.1, -0.05) is 39.8 Å². The summed E-state index contributed by atoms with van der Waals surface area (Å²) >= 11 is 0. The van der Waals surface area contributed by atoms with Crippen LogP contribution in [-0.2, 0) is 16.6 Å². The molecule has 0 N–H and O–H groups in total. The quantitative estimate of drug-likeness (QED) is 0.148. The van der Waals surface area contributed by atoms with E-state index in [1.165, 1.54) is 26.0 Å². The second-order valence-electron chi connectivity index (χ2n) is 11.4. The molecule has 0 aliphatic heterocycles. The Morgan fingerprint density at radius 3 is 2.22 bits per heavy atom. The van der Waals surface area contributed by atoms with E-state index in [9.17, 15) is 22.0 Å². The molecule has 0 saturated heterocycles. The van der Waals surface area contributed by atoms with Crippen molar-refractivity contribution in [3.8, 4) is 0 Å². The summed E-state index contributed by atoms with van der Waals surface area (Å²) in [5.41, 5.74) is -4.62. The van der Waals surface area contributed by atoms with Crippen LogP contribution < -0.4 is 0 Å². The van der Waals surface area contributed by atoms with Gasteiger partial charge in [0.2, 0.25) is 0 Å². The third-order valence-electron chi connectivity index (χ3n) is 7.36. The monoisotopic (exact) mass is 600 g/mol. The molecule has 0 fully saturated rings. The van der Waals surface area contributed by atoms with Crippen LogP contribution in [0.25, 0.3) is 0 Å². The van der Waals surface area contributed by atoms with Crippen LogP contribution in [0.1, 0.15) is 65.5 Å².